The van der Waals surface area contributed by atoms with Crippen LogP contribution in [0.15, 0.2) is 0 Å². The van der Waals surface area contributed by atoms with Crippen LogP contribution in [0.1, 0.15) is 33.6 Å². The lowest BCUT2D eigenvalue weighted by atomic mass is 9.93. The number of carboxylic acid groups (broad SMARTS) is 1. The van der Waals surface area contributed by atoms with Gasteiger partial charge >= 0.3 is 5.97 Å². The summed E-state index contributed by atoms with van der Waals surface area (Å²) in [6.07, 6.45) is 2.11. The predicted molar refractivity (Wildman–Crippen MR) is 60.0 cm³/mol. The van der Waals surface area contributed by atoms with Crippen molar-refractivity contribution in [1.82, 2.24) is 10.6 Å². The monoisotopic (exact) mass is 228 g/mol. The van der Waals surface area contributed by atoms with Crippen molar-refractivity contribution < 1.29 is 14.7 Å². The van der Waals surface area contributed by atoms with Crippen LogP contribution in [0.3, 0.4) is 0 Å². The number of hydrogen-bond donors (Lipinski definition) is 3. The Hall–Kier alpha value is -1.10. The van der Waals surface area contributed by atoms with Gasteiger partial charge in [-0.1, -0.05) is 0 Å². The Balaban J connectivity index is 2.30. The van der Waals surface area contributed by atoms with Gasteiger partial charge in [0.05, 0.1) is 11.5 Å². The zero-order valence-electron chi connectivity index (χ0n) is 10.0. The zero-order chi connectivity index (χ0) is 12.3. The fourth-order valence-corrected chi connectivity index (χ4v) is 1.13. The van der Waals surface area contributed by atoms with Gasteiger partial charge < -0.3 is 15.7 Å². The molecular weight excluding hydrogens is 208 g/mol. The molecule has 5 heteroatoms. The summed E-state index contributed by atoms with van der Waals surface area (Å²) in [4.78, 5) is 22.4. The molecule has 0 aromatic rings. The van der Waals surface area contributed by atoms with Crippen molar-refractivity contribution in [1.29, 1.82) is 0 Å². The number of hydrogen-bond acceptors (Lipinski definition) is 3. The van der Waals surface area contributed by atoms with Gasteiger partial charge in [-0.2, -0.15) is 0 Å². The molecule has 1 amide bonds. The number of amides is 1. The maximum atomic E-state index is 11.6. The van der Waals surface area contributed by atoms with Crippen molar-refractivity contribution in [2.45, 2.75) is 45.7 Å². The van der Waals surface area contributed by atoms with Crippen molar-refractivity contribution >= 4 is 11.9 Å². The second-order valence-electron chi connectivity index (χ2n) is 5.07. The van der Waals surface area contributed by atoms with Crippen molar-refractivity contribution in [3.8, 4) is 0 Å². The van der Waals surface area contributed by atoms with E-state index in [-0.39, 0.29) is 18.5 Å². The van der Waals surface area contributed by atoms with E-state index in [1.165, 1.54) is 0 Å². The summed E-state index contributed by atoms with van der Waals surface area (Å²) >= 11 is 0. The zero-order valence-corrected chi connectivity index (χ0v) is 10.0. The van der Waals surface area contributed by atoms with Crippen molar-refractivity contribution in [3.63, 3.8) is 0 Å². The van der Waals surface area contributed by atoms with Crippen LogP contribution in [0.25, 0.3) is 0 Å². The highest BCUT2D eigenvalue weighted by molar-refractivity contribution is 5.82. The quantitative estimate of drug-likeness (QED) is 0.613. The molecule has 0 aliphatic heterocycles. The summed E-state index contributed by atoms with van der Waals surface area (Å²) < 4.78 is 0. The molecule has 0 spiro atoms. The van der Waals surface area contributed by atoms with Crippen LogP contribution in [-0.2, 0) is 9.59 Å². The minimum Gasteiger partial charge on any atom is -0.481 e. The van der Waals surface area contributed by atoms with Crippen LogP contribution in [0.2, 0.25) is 0 Å². The molecule has 0 radical (unpaired) electrons. The number of nitrogens with one attached hydrogen (secondary N) is 2. The third kappa shape index (κ3) is 3.81. The molecule has 0 heterocycles. The maximum Gasteiger partial charge on any atom is 0.310 e. The highest BCUT2D eigenvalue weighted by atomic mass is 16.4. The second-order valence-corrected chi connectivity index (χ2v) is 5.07. The first-order chi connectivity index (χ1) is 7.33. The third-order valence-electron chi connectivity index (χ3n) is 2.75. The van der Waals surface area contributed by atoms with Gasteiger partial charge in [0.1, 0.15) is 0 Å². The SMILES string of the molecule is CC(NCC(C)(C)C(=O)O)C(=O)NC1CC1. The molecule has 1 saturated carbocycles. The molecule has 0 aromatic carbocycles. The molecule has 1 atom stereocenters. The summed E-state index contributed by atoms with van der Waals surface area (Å²) in [6.45, 7) is 5.29. The van der Waals surface area contributed by atoms with Gasteiger partial charge in [0.2, 0.25) is 5.91 Å². The van der Waals surface area contributed by atoms with E-state index < -0.39 is 11.4 Å². The number of carbonyl (C=O) groups excluding carboxylic acids is 1. The van der Waals surface area contributed by atoms with Crippen molar-refractivity contribution in [2.24, 2.45) is 5.41 Å². The van der Waals surface area contributed by atoms with Crippen molar-refractivity contribution in [3.05, 3.63) is 0 Å². The lowest BCUT2D eigenvalue weighted by molar-refractivity contribution is -0.147. The lowest BCUT2D eigenvalue weighted by Crippen LogP contribution is -2.47. The van der Waals surface area contributed by atoms with E-state index in [4.69, 9.17) is 5.11 Å². The summed E-state index contributed by atoms with van der Waals surface area (Å²) in [5, 5.41) is 14.7. The van der Waals surface area contributed by atoms with Gasteiger partial charge in [0.25, 0.3) is 0 Å². The van der Waals surface area contributed by atoms with Crippen molar-refractivity contribution in [2.75, 3.05) is 6.54 Å². The molecular formula is C11H20N2O3. The number of rotatable bonds is 6. The van der Waals surface area contributed by atoms with Crippen LogP contribution in [-0.4, -0.2) is 35.6 Å². The molecule has 1 rings (SSSR count). The summed E-state index contributed by atoms with van der Waals surface area (Å²) in [5.41, 5.74) is -0.853. The largest absolute Gasteiger partial charge is 0.481 e. The van der Waals surface area contributed by atoms with Gasteiger partial charge in [-0.15, -0.1) is 0 Å². The van der Waals surface area contributed by atoms with Gasteiger partial charge in [-0.3, -0.25) is 9.59 Å². The molecule has 1 aliphatic carbocycles. The van der Waals surface area contributed by atoms with Crippen LogP contribution < -0.4 is 10.6 Å². The van der Waals surface area contributed by atoms with Gasteiger partial charge in [-0.05, 0) is 33.6 Å². The van der Waals surface area contributed by atoms with Gasteiger partial charge in [-0.25, -0.2) is 0 Å². The van der Waals surface area contributed by atoms with E-state index in [1.54, 1.807) is 20.8 Å². The van der Waals surface area contributed by atoms with Crippen LogP contribution in [0.4, 0.5) is 0 Å². The Labute approximate surface area is 95.6 Å². The Morgan fingerprint density at radius 1 is 1.44 bits per heavy atom. The van der Waals surface area contributed by atoms with E-state index in [0.717, 1.165) is 12.8 Å². The molecule has 3 N–H and O–H groups in total. The first kappa shape index (κ1) is 13.0. The minimum absolute atomic E-state index is 0.0521. The van der Waals surface area contributed by atoms with Crippen LogP contribution in [0.5, 0.6) is 0 Å². The fourth-order valence-electron chi connectivity index (χ4n) is 1.13. The molecule has 0 saturated heterocycles. The molecule has 1 unspecified atom stereocenters. The Kier molecular flexibility index (Phi) is 3.91. The van der Waals surface area contributed by atoms with E-state index in [2.05, 4.69) is 10.6 Å². The van der Waals surface area contributed by atoms with Crippen LogP contribution >= 0.6 is 0 Å². The second kappa shape index (κ2) is 4.82. The highest BCUT2D eigenvalue weighted by Crippen LogP contribution is 2.18. The minimum atomic E-state index is -0.866. The van der Waals surface area contributed by atoms with E-state index >= 15 is 0 Å². The van der Waals surface area contributed by atoms with Crippen LogP contribution in [0, 0.1) is 5.41 Å². The summed E-state index contributed by atoms with van der Waals surface area (Å²) in [6, 6.07) is -0.0107. The third-order valence-corrected chi connectivity index (χ3v) is 2.75. The molecule has 5 nitrogen and oxygen atoms in total. The Bertz CT molecular complexity index is 285. The maximum absolute atomic E-state index is 11.6. The molecule has 1 fully saturated rings. The van der Waals surface area contributed by atoms with Gasteiger partial charge in [0, 0.05) is 12.6 Å². The number of aliphatic carboxylic acids is 1. The smallest absolute Gasteiger partial charge is 0.310 e. The highest BCUT2D eigenvalue weighted by Gasteiger charge is 2.29. The lowest BCUT2D eigenvalue weighted by Gasteiger charge is -2.22. The number of carbonyl (C=O) groups is 2. The molecule has 16 heavy (non-hydrogen) atoms. The Morgan fingerprint density at radius 2 is 2.00 bits per heavy atom. The predicted octanol–water partition coefficient (Wildman–Crippen LogP) is 0.354. The summed E-state index contributed by atoms with van der Waals surface area (Å²) in [5.74, 6) is -0.918. The average molecular weight is 228 g/mol. The van der Waals surface area contributed by atoms with E-state index in [0.29, 0.717) is 6.04 Å². The molecule has 0 aromatic heterocycles. The normalized spacial score (nSPS) is 17.9. The standard InChI is InChI=1S/C11H20N2O3/c1-7(9(14)13-8-4-5-8)12-6-11(2,3)10(15)16/h7-8,12H,4-6H2,1-3H3,(H,13,14)(H,15,16). The fraction of sp³-hybridized carbons (Fsp3) is 0.818. The van der Waals surface area contributed by atoms with E-state index in [1.807, 2.05) is 0 Å². The molecule has 92 valence electrons. The topological polar surface area (TPSA) is 78.4 Å². The van der Waals surface area contributed by atoms with Gasteiger partial charge in [0.15, 0.2) is 0 Å². The number of carboxylic acids is 1. The molecule has 0 bridgehead atoms. The average Bonchev–Trinajstić information content (AvgIpc) is 2.97. The first-order valence-corrected chi connectivity index (χ1v) is 5.60. The summed E-state index contributed by atoms with van der Waals surface area (Å²) in [7, 11) is 0. The Morgan fingerprint density at radius 3 is 2.44 bits per heavy atom. The van der Waals surface area contributed by atoms with E-state index in [9.17, 15) is 9.59 Å². The first-order valence-electron chi connectivity index (χ1n) is 5.60. The molecule has 1 aliphatic rings.